The first-order chi connectivity index (χ1) is 15.9. The Balaban J connectivity index is 1.47. The Hall–Kier alpha value is -4.25. The second kappa shape index (κ2) is 9.49. The number of anilines is 4. The lowest BCUT2D eigenvalue weighted by Gasteiger charge is -2.21. The van der Waals surface area contributed by atoms with Crippen LogP contribution in [0.15, 0.2) is 67.0 Å². The van der Waals surface area contributed by atoms with E-state index in [1.807, 2.05) is 19.2 Å². The van der Waals surface area contributed by atoms with Crippen molar-refractivity contribution < 1.29 is 13.5 Å². The number of aryl methyl sites for hydroxylation is 1. The van der Waals surface area contributed by atoms with E-state index in [9.17, 15) is 8.78 Å². The minimum absolute atomic E-state index is 0.0864. The summed E-state index contributed by atoms with van der Waals surface area (Å²) in [5.74, 6) is 7.48. The van der Waals surface area contributed by atoms with Crippen molar-refractivity contribution in [2.24, 2.45) is 12.9 Å². The van der Waals surface area contributed by atoms with Crippen LogP contribution >= 0.6 is 0 Å². The van der Waals surface area contributed by atoms with Crippen LogP contribution in [-0.2, 0) is 13.6 Å². The molecule has 0 amide bonds. The van der Waals surface area contributed by atoms with Crippen LogP contribution in [0.5, 0.6) is 5.75 Å². The van der Waals surface area contributed by atoms with E-state index >= 15 is 0 Å². The molecule has 0 aliphatic heterocycles. The summed E-state index contributed by atoms with van der Waals surface area (Å²) in [6.45, 7) is -2.54. The number of ether oxygens (including phenoxy) is 1. The highest BCUT2D eigenvalue weighted by molar-refractivity contribution is 5.75. The Kier molecular flexibility index (Phi) is 6.31. The van der Waals surface area contributed by atoms with Crippen molar-refractivity contribution in [3.63, 3.8) is 0 Å². The molecule has 2 heterocycles. The number of hydrazine groups is 1. The number of hydrogen-bond donors (Lipinski definition) is 3. The zero-order valence-corrected chi connectivity index (χ0v) is 17.7. The van der Waals surface area contributed by atoms with Crippen LogP contribution in [0.4, 0.5) is 31.9 Å². The summed E-state index contributed by atoms with van der Waals surface area (Å²) in [5.41, 5.74) is 9.64. The van der Waals surface area contributed by atoms with Crippen molar-refractivity contribution in [3.05, 3.63) is 72.6 Å². The highest BCUT2D eigenvalue weighted by Crippen LogP contribution is 2.29. The van der Waals surface area contributed by atoms with E-state index in [2.05, 4.69) is 25.1 Å². The van der Waals surface area contributed by atoms with E-state index in [0.717, 1.165) is 16.9 Å². The van der Waals surface area contributed by atoms with Gasteiger partial charge in [-0.05, 0) is 35.9 Å². The van der Waals surface area contributed by atoms with E-state index in [-0.39, 0.29) is 5.75 Å². The van der Waals surface area contributed by atoms with Crippen molar-refractivity contribution in [3.8, 4) is 17.0 Å². The molecular weight excluding hydrogens is 430 g/mol. The number of nitrogens with one attached hydrogen (secondary N) is 1. The normalized spacial score (nSPS) is 10.9. The van der Waals surface area contributed by atoms with Crippen molar-refractivity contribution in [1.29, 1.82) is 0 Å². The predicted octanol–water partition coefficient (Wildman–Crippen LogP) is 3.68. The van der Waals surface area contributed by atoms with Crippen LogP contribution in [0, 0.1) is 0 Å². The smallest absolute Gasteiger partial charge is 0.387 e. The van der Waals surface area contributed by atoms with Gasteiger partial charge in [0.1, 0.15) is 11.6 Å². The molecule has 0 saturated heterocycles. The summed E-state index contributed by atoms with van der Waals surface area (Å²) in [6.07, 6.45) is 3.33. The first-order valence-corrected chi connectivity index (χ1v) is 9.93. The molecule has 11 heteroatoms. The molecule has 2 aromatic heterocycles. The van der Waals surface area contributed by atoms with E-state index < -0.39 is 6.61 Å². The Morgan fingerprint density at radius 2 is 1.88 bits per heavy atom. The number of alkyl halides is 2. The van der Waals surface area contributed by atoms with Gasteiger partial charge in [-0.1, -0.05) is 18.2 Å². The van der Waals surface area contributed by atoms with Gasteiger partial charge < -0.3 is 20.8 Å². The first-order valence-electron chi connectivity index (χ1n) is 9.93. The molecule has 170 valence electrons. The van der Waals surface area contributed by atoms with Crippen LogP contribution < -0.4 is 26.6 Å². The summed E-state index contributed by atoms with van der Waals surface area (Å²) in [5, 5.41) is 8.71. The van der Waals surface area contributed by atoms with Crippen molar-refractivity contribution in [2.75, 3.05) is 16.1 Å². The highest BCUT2D eigenvalue weighted by atomic mass is 19.3. The molecular formula is C22H22F2N8O. The third-order valence-electron chi connectivity index (χ3n) is 4.85. The molecule has 0 saturated carbocycles. The molecule has 0 radical (unpaired) electrons. The second-order valence-corrected chi connectivity index (χ2v) is 7.15. The number of halogens is 2. The molecule has 33 heavy (non-hydrogen) atoms. The van der Waals surface area contributed by atoms with Gasteiger partial charge in [0.25, 0.3) is 0 Å². The Morgan fingerprint density at radius 3 is 2.55 bits per heavy atom. The topological polar surface area (TPSA) is 120 Å². The average molecular weight is 452 g/mol. The van der Waals surface area contributed by atoms with E-state index in [1.165, 1.54) is 17.1 Å². The minimum Gasteiger partial charge on any atom is -0.435 e. The summed E-state index contributed by atoms with van der Waals surface area (Å²) >= 11 is 0. The van der Waals surface area contributed by atoms with Crippen LogP contribution in [-0.4, -0.2) is 26.4 Å². The molecule has 0 atom stereocenters. The summed E-state index contributed by atoms with van der Waals surface area (Å²) in [6, 6.07) is 15.3. The zero-order valence-electron chi connectivity index (χ0n) is 17.7. The van der Waals surface area contributed by atoms with E-state index in [1.54, 1.807) is 47.4 Å². The van der Waals surface area contributed by atoms with Gasteiger partial charge >= 0.3 is 6.61 Å². The highest BCUT2D eigenvalue weighted by Gasteiger charge is 2.11. The maximum atomic E-state index is 12.3. The zero-order chi connectivity index (χ0) is 23.4. The third kappa shape index (κ3) is 5.33. The van der Waals surface area contributed by atoms with E-state index in [4.69, 9.17) is 11.6 Å². The molecule has 9 nitrogen and oxygen atoms in total. The SMILES string of the molecule is Cn1nccc1Nc1nccc(-c2ccc(N(N)Cc3ccc(OC(F)F)cc3)c(N)c2)n1. The summed E-state index contributed by atoms with van der Waals surface area (Å²) in [7, 11) is 1.82. The fourth-order valence-corrected chi connectivity index (χ4v) is 3.22. The molecule has 0 aliphatic carbocycles. The quantitative estimate of drug-likeness (QED) is 0.210. The molecule has 5 N–H and O–H groups in total. The second-order valence-electron chi connectivity index (χ2n) is 7.15. The lowest BCUT2D eigenvalue weighted by atomic mass is 10.1. The summed E-state index contributed by atoms with van der Waals surface area (Å²) < 4.78 is 30.6. The maximum absolute atomic E-state index is 12.3. The van der Waals surface area contributed by atoms with Crippen molar-refractivity contribution in [1.82, 2.24) is 19.7 Å². The van der Waals surface area contributed by atoms with Crippen molar-refractivity contribution in [2.45, 2.75) is 13.2 Å². The Labute approximate surface area is 188 Å². The number of nitrogen functional groups attached to an aromatic ring is 1. The summed E-state index contributed by atoms with van der Waals surface area (Å²) in [4.78, 5) is 8.79. The van der Waals surface area contributed by atoms with Crippen molar-refractivity contribution >= 4 is 23.1 Å². The predicted molar refractivity (Wildman–Crippen MR) is 122 cm³/mol. The molecule has 0 fully saturated rings. The van der Waals surface area contributed by atoms with Gasteiger partial charge in [0.15, 0.2) is 0 Å². The number of nitrogens with zero attached hydrogens (tertiary/aromatic N) is 5. The Morgan fingerprint density at radius 1 is 1.09 bits per heavy atom. The number of nitrogens with two attached hydrogens (primary N) is 2. The number of hydrogen-bond acceptors (Lipinski definition) is 8. The molecule has 0 spiro atoms. The molecule has 2 aromatic carbocycles. The van der Waals surface area contributed by atoms with E-state index in [0.29, 0.717) is 29.6 Å². The molecule has 4 aromatic rings. The van der Waals surface area contributed by atoms with Gasteiger partial charge in [-0.3, -0.25) is 4.68 Å². The van der Waals surface area contributed by atoms with Gasteiger partial charge in [-0.2, -0.15) is 13.9 Å². The van der Waals surface area contributed by atoms with Gasteiger partial charge in [0.2, 0.25) is 5.95 Å². The lowest BCUT2D eigenvalue weighted by Crippen LogP contribution is -2.30. The maximum Gasteiger partial charge on any atom is 0.387 e. The minimum atomic E-state index is -2.86. The van der Waals surface area contributed by atoms with Gasteiger partial charge in [0.05, 0.1) is 29.8 Å². The number of benzene rings is 2. The van der Waals surface area contributed by atoms with Crippen LogP contribution in [0.3, 0.4) is 0 Å². The molecule has 0 aliphatic rings. The van der Waals surface area contributed by atoms with Crippen LogP contribution in [0.1, 0.15) is 5.56 Å². The standard InChI is InChI=1S/C22H22F2N8O/c1-31-20(9-11-28-31)30-22-27-10-8-18(29-22)15-4-7-19(17(25)12-15)32(26)13-14-2-5-16(6-3-14)33-21(23)24/h2-12,21H,13,25-26H2,1H3,(H,27,29,30). The van der Waals surface area contributed by atoms with Gasteiger partial charge in [-0.25, -0.2) is 15.8 Å². The van der Waals surface area contributed by atoms with Gasteiger partial charge in [0, 0.05) is 24.9 Å². The average Bonchev–Trinajstić information content (AvgIpc) is 3.19. The monoisotopic (exact) mass is 452 g/mol. The first kappa shape index (κ1) is 22.0. The number of aromatic nitrogens is 4. The van der Waals surface area contributed by atoms with Crippen LogP contribution in [0.2, 0.25) is 0 Å². The molecule has 0 bridgehead atoms. The van der Waals surface area contributed by atoms with Crippen LogP contribution in [0.25, 0.3) is 11.3 Å². The molecule has 0 unspecified atom stereocenters. The largest absolute Gasteiger partial charge is 0.435 e. The lowest BCUT2D eigenvalue weighted by molar-refractivity contribution is -0.0498. The van der Waals surface area contributed by atoms with Gasteiger partial charge in [-0.15, -0.1) is 0 Å². The fraction of sp³-hybridized carbons (Fsp3) is 0.136. The molecule has 4 rings (SSSR count). The third-order valence-corrected chi connectivity index (χ3v) is 4.85. The number of rotatable bonds is 8. The Bertz CT molecular complexity index is 1230. The fourth-order valence-electron chi connectivity index (χ4n) is 3.22.